The molecule has 1 fully saturated rings. The van der Waals surface area contributed by atoms with Gasteiger partial charge in [0.15, 0.2) is 0 Å². The van der Waals surface area contributed by atoms with Crippen LogP contribution in [0.4, 0.5) is 30.6 Å². The number of carbonyl (C=O) groups is 1. The first-order valence-electron chi connectivity index (χ1n) is 8.09. The summed E-state index contributed by atoms with van der Waals surface area (Å²) in [5.41, 5.74) is 0.227. The van der Waals surface area contributed by atoms with E-state index >= 15 is 0 Å². The van der Waals surface area contributed by atoms with Crippen molar-refractivity contribution < 1.29 is 18.0 Å². The summed E-state index contributed by atoms with van der Waals surface area (Å²) in [6.07, 6.45) is -3.59. The van der Waals surface area contributed by atoms with Gasteiger partial charge in [0.1, 0.15) is 5.82 Å². The number of nitrogens with one attached hydrogen (secondary N) is 1. The summed E-state index contributed by atoms with van der Waals surface area (Å²) < 4.78 is 38.5. The molecule has 26 heavy (non-hydrogen) atoms. The van der Waals surface area contributed by atoms with Gasteiger partial charge in [0.25, 0.3) is 0 Å². The minimum Gasteiger partial charge on any atom is -0.353 e. The van der Waals surface area contributed by atoms with Gasteiger partial charge in [-0.3, -0.25) is 4.79 Å². The van der Waals surface area contributed by atoms with E-state index in [1.807, 2.05) is 11.0 Å². The molecular weight excluding hydrogens is 347 g/mol. The quantitative estimate of drug-likeness (QED) is 0.845. The fourth-order valence-corrected chi connectivity index (χ4v) is 2.73. The molecule has 0 aliphatic carbocycles. The molecule has 1 aromatic heterocycles. The molecule has 9 heteroatoms. The number of aryl methyl sites for hydroxylation is 1. The number of rotatable bonds is 4. The highest BCUT2D eigenvalue weighted by Crippen LogP contribution is 2.31. The van der Waals surface area contributed by atoms with E-state index in [2.05, 4.69) is 15.3 Å². The average molecular weight is 365 g/mol. The molecule has 2 heterocycles. The molecule has 0 atom stereocenters. The van der Waals surface area contributed by atoms with Gasteiger partial charge in [0.2, 0.25) is 12.4 Å². The Bertz CT molecular complexity index is 788. The van der Waals surface area contributed by atoms with Crippen molar-refractivity contribution >= 4 is 23.9 Å². The third kappa shape index (κ3) is 4.22. The predicted octanol–water partition coefficient (Wildman–Crippen LogP) is 2.83. The molecule has 1 aliphatic rings. The molecule has 0 unspecified atom stereocenters. The van der Waals surface area contributed by atoms with Gasteiger partial charge in [0.05, 0.1) is 5.56 Å². The third-order valence-electron chi connectivity index (χ3n) is 4.07. The predicted molar refractivity (Wildman–Crippen MR) is 91.3 cm³/mol. The summed E-state index contributed by atoms with van der Waals surface area (Å²) in [5.74, 6) is 0.912. The summed E-state index contributed by atoms with van der Waals surface area (Å²) in [6.45, 7) is 4.27. The van der Waals surface area contributed by atoms with E-state index < -0.39 is 11.7 Å². The molecule has 2 aromatic rings. The standard InChI is InChI=1S/C17H18F3N5O/c1-12-9-15(25-7-5-24(11-26)6-8-25)23-16(21-12)22-14-4-2-3-13(10-14)17(18,19)20/h2-4,9-11H,5-8H2,1H3,(H,21,22,23). The normalized spacial score (nSPS) is 15.1. The average Bonchev–Trinajstić information content (AvgIpc) is 2.61. The Morgan fingerprint density at radius 3 is 2.50 bits per heavy atom. The van der Waals surface area contributed by atoms with Crippen LogP contribution in [-0.4, -0.2) is 47.5 Å². The van der Waals surface area contributed by atoms with Crippen LogP contribution in [0.3, 0.4) is 0 Å². The number of halogens is 3. The van der Waals surface area contributed by atoms with Crippen molar-refractivity contribution in [2.24, 2.45) is 0 Å². The molecule has 0 bridgehead atoms. The lowest BCUT2D eigenvalue weighted by atomic mass is 10.2. The first-order chi connectivity index (χ1) is 12.3. The van der Waals surface area contributed by atoms with Gasteiger partial charge < -0.3 is 15.1 Å². The molecule has 3 rings (SSSR count). The van der Waals surface area contributed by atoms with Crippen LogP contribution < -0.4 is 10.2 Å². The molecule has 1 saturated heterocycles. The maximum Gasteiger partial charge on any atom is 0.416 e. The molecular formula is C17H18F3N5O. The fraction of sp³-hybridized carbons (Fsp3) is 0.353. The Balaban J connectivity index is 1.79. The highest BCUT2D eigenvalue weighted by molar-refractivity contribution is 5.57. The number of hydrogen-bond acceptors (Lipinski definition) is 5. The highest BCUT2D eigenvalue weighted by Gasteiger charge is 2.30. The zero-order valence-corrected chi connectivity index (χ0v) is 14.1. The lowest BCUT2D eigenvalue weighted by Gasteiger charge is -2.33. The van der Waals surface area contributed by atoms with Crippen LogP contribution in [0.1, 0.15) is 11.3 Å². The van der Waals surface area contributed by atoms with Crippen LogP contribution in [0.15, 0.2) is 30.3 Å². The molecule has 138 valence electrons. The van der Waals surface area contributed by atoms with Gasteiger partial charge >= 0.3 is 6.18 Å². The lowest BCUT2D eigenvalue weighted by Crippen LogP contribution is -2.46. The molecule has 0 spiro atoms. The number of hydrogen-bond donors (Lipinski definition) is 1. The molecule has 1 amide bonds. The fourth-order valence-electron chi connectivity index (χ4n) is 2.73. The highest BCUT2D eigenvalue weighted by atomic mass is 19.4. The SMILES string of the molecule is Cc1cc(N2CCN(C=O)CC2)nc(Nc2cccc(C(F)(F)F)c2)n1. The minimum absolute atomic E-state index is 0.233. The maximum atomic E-state index is 12.8. The molecule has 0 radical (unpaired) electrons. The largest absolute Gasteiger partial charge is 0.416 e. The topological polar surface area (TPSA) is 61.4 Å². The maximum absolute atomic E-state index is 12.8. The van der Waals surface area contributed by atoms with E-state index in [0.717, 1.165) is 18.5 Å². The summed E-state index contributed by atoms with van der Waals surface area (Å²) in [5, 5.41) is 2.84. The summed E-state index contributed by atoms with van der Waals surface area (Å²) in [6, 6.07) is 6.71. The minimum atomic E-state index is -4.41. The van der Waals surface area contributed by atoms with E-state index in [1.165, 1.54) is 12.1 Å². The molecule has 0 saturated carbocycles. The first kappa shape index (κ1) is 18.0. The molecule has 1 aromatic carbocycles. The van der Waals surface area contributed by atoms with Crippen molar-refractivity contribution in [3.05, 3.63) is 41.6 Å². The van der Waals surface area contributed by atoms with Crippen molar-refractivity contribution in [1.29, 1.82) is 0 Å². The Labute approximate surface area is 148 Å². The van der Waals surface area contributed by atoms with Gasteiger partial charge in [0, 0.05) is 43.6 Å². The Kier molecular flexibility index (Phi) is 4.97. The lowest BCUT2D eigenvalue weighted by molar-refractivity contribution is -0.137. The zero-order chi connectivity index (χ0) is 18.7. The third-order valence-corrected chi connectivity index (χ3v) is 4.07. The number of anilines is 3. The van der Waals surface area contributed by atoms with Gasteiger partial charge in [-0.2, -0.15) is 18.2 Å². The Hall–Kier alpha value is -2.84. The van der Waals surface area contributed by atoms with Crippen molar-refractivity contribution in [1.82, 2.24) is 14.9 Å². The van der Waals surface area contributed by atoms with Crippen LogP contribution in [0.25, 0.3) is 0 Å². The van der Waals surface area contributed by atoms with Crippen LogP contribution in [0.5, 0.6) is 0 Å². The van der Waals surface area contributed by atoms with E-state index in [0.29, 0.717) is 37.7 Å². The molecule has 1 aliphatic heterocycles. The number of piperazine rings is 1. The number of alkyl halides is 3. The van der Waals surface area contributed by atoms with Crippen LogP contribution in [0, 0.1) is 6.92 Å². The second kappa shape index (κ2) is 7.19. The van der Waals surface area contributed by atoms with Gasteiger partial charge in [-0.1, -0.05) is 6.07 Å². The number of nitrogens with zero attached hydrogens (tertiary/aromatic N) is 4. The van der Waals surface area contributed by atoms with E-state index in [-0.39, 0.29) is 11.6 Å². The van der Waals surface area contributed by atoms with Gasteiger partial charge in [-0.15, -0.1) is 0 Å². The van der Waals surface area contributed by atoms with Gasteiger partial charge in [-0.05, 0) is 25.1 Å². The Morgan fingerprint density at radius 2 is 1.85 bits per heavy atom. The number of benzene rings is 1. The number of amides is 1. The second-order valence-electron chi connectivity index (χ2n) is 6.02. The monoisotopic (exact) mass is 365 g/mol. The summed E-state index contributed by atoms with van der Waals surface area (Å²) >= 11 is 0. The summed E-state index contributed by atoms with van der Waals surface area (Å²) in [7, 11) is 0. The number of aromatic nitrogens is 2. The van der Waals surface area contributed by atoms with E-state index in [9.17, 15) is 18.0 Å². The van der Waals surface area contributed by atoms with Crippen molar-refractivity contribution in [2.75, 3.05) is 36.4 Å². The molecule has 6 nitrogen and oxygen atoms in total. The van der Waals surface area contributed by atoms with Crippen molar-refractivity contribution in [3.8, 4) is 0 Å². The van der Waals surface area contributed by atoms with Crippen molar-refractivity contribution in [3.63, 3.8) is 0 Å². The van der Waals surface area contributed by atoms with E-state index in [4.69, 9.17) is 0 Å². The second-order valence-corrected chi connectivity index (χ2v) is 6.02. The first-order valence-corrected chi connectivity index (χ1v) is 8.09. The van der Waals surface area contributed by atoms with Crippen LogP contribution in [-0.2, 0) is 11.0 Å². The van der Waals surface area contributed by atoms with Crippen LogP contribution in [0.2, 0.25) is 0 Å². The number of carbonyl (C=O) groups excluding carboxylic acids is 1. The smallest absolute Gasteiger partial charge is 0.353 e. The zero-order valence-electron chi connectivity index (χ0n) is 14.1. The molecule has 1 N–H and O–H groups in total. The van der Waals surface area contributed by atoms with E-state index in [1.54, 1.807) is 11.8 Å². The summed E-state index contributed by atoms with van der Waals surface area (Å²) in [4.78, 5) is 23.2. The van der Waals surface area contributed by atoms with Gasteiger partial charge in [-0.25, -0.2) is 4.98 Å². The Morgan fingerprint density at radius 1 is 1.12 bits per heavy atom. The van der Waals surface area contributed by atoms with Crippen LogP contribution >= 0.6 is 0 Å². The van der Waals surface area contributed by atoms with Crippen molar-refractivity contribution in [2.45, 2.75) is 13.1 Å².